The largest absolute Gasteiger partial charge is 0.352 e. The summed E-state index contributed by atoms with van der Waals surface area (Å²) in [5.41, 5.74) is 3.38. The molecule has 0 radical (unpaired) electrons. The number of thiocarbonyl (C=S) groups is 1. The van der Waals surface area contributed by atoms with Crippen LogP contribution >= 0.6 is 12.2 Å². The molecule has 3 aromatic heterocycles. The lowest BCUT2D eigenvalue weighted by Crippen LogP contribution is -2.29. The summed E-state index contributed by atoms with van der Waals surface area (Å²) in [5, 5.41) is 4.25. The minimum absolute atomic E-state index is 0.00110. The van der Waals surface area contributed by atoms with E-state index in [1.807, 2.05) is 30.6 Å². The van der Waals surface area contributed by atoms with Crippen LogP contribution in [0.25, 0.3) is 0 Å². The van der Waals surface area contributed by atoms with Crippen LogP contribution in [0.2, 0.25) is 0 Å². The Bertz CT molecular complexity index is 946. The number of hydrogen-bond acceptors (Lipinski definition) is 3. The third kappa shape index (κ3) is 3.64. The quantitative estimate of drug-likeness (QED) is 0.675. The van der Waals surface area contributed by atoms with E-state index >= 15 is 0 Å². The monoisotopic (exact) mass is 391 g/mol. The van der Waals surface area contributed by atoms with Crippen LogP contribution in [0.15, 0.2) is 67.4 Å². The van der Waals surface area contributed by atoms with Gasteiger partial charge in [-0.2, -0.15) is 0 Å². The molecule has 0 amide bonds. The van der Waals surface area contributed by atoms with Crippen LogP contribution in [-0.2, 0) is 12.1 Å². The van der Waals surface area contributed by atoms with Gasteiger partial charge in [-0.25, -0.2) is 0 Å². The summed E-state index contributed by atoms with van der Waals surface area (Å²) < 4.78 is 2.25. The standard InChI is InChI=1S/C22H25N5S/c1-22(2,3)26-12-9-17(15-26)20-19(18-8-4-5-11-24-18)25-21(28)27(20)14-16-7-6-10-23-13-16/h4-13,15,19-20H,14H2,1-3H3,(H,25,28)/t19-,20-/m1/s1. The summed E-state index contributed by atoms with van der Waals surface area (Å²) in [6, 6.07) is 12.3. The molecule has 1 saturated heterocycles. The highest BCUT2D eigenvalue weighted by Gasteiger charge is 2.40. The number of pyridine rings is 2. The Labute approximate surface area is 171 Å². The topological polar surface area (TPSA) is 46.0 Å². The van der Waals surface area contributed by atoms with Crippen molar-refractivity contribution in [2.24, 2.45) is 0 Å². The Kier molecular flexibility index (Phi) is 4.89. The summed E-state index contributed by atoms with van der Waals surface area (Å²) in [6.07, 6.45) is 9.90. The molecule has 144 valence electrons. The zero-order valence-electron chi connectivity index (χ0n) is 16.4. The van der Waals surface area contributed by atoms with Crippen LogP contribution in [0, 0.1) is 0 Å². The Balaban J connectivity index is 1.74. The summed E-state index contributed by atoms with van der Waals surface area (Å²) >= 11 is 5.73. The van der Waals surface area contributed by atoms with Gasteiger partial charge in [0.1, 0.15) is 0 Å². The number of rotatable bonds is 4. The van der Waals surface area contributed by atoms with E-state index in [1.54, 1.807) is 6.20 Å². The van der Waals surface area contributed by atoms with Crippen molar-refractivity contribution in [1.29, 1.82) is 0 Å². The van der Waals surface area contributed by atoms with Crippen molar-refractivity contribution in [3.8, 4) is 0 Å². The molecule has 0 spiro atoms. The molecule has 2 atom stereocenters. The van der Waals surface area contributed by atoms with Gasteiger partial charge in [-0.15, -0.1) is 0 Å². The maximum absolute atomic E-state index is 5.73. The minimum atomic E-state index is 0.00110. The van der Waals surface area contributed by atoms with Crippen molar-refractivity contribution >= 4 is 17.3 Å². The van der Waals surface area contributed by atoms with Gasteiger partial charge in [0.15, 0.2) is 5.11 Å². The van der Waals surface area contributed by atoms with Gasteiger partial charge in [0.25, 0.3) is 0 Å². The lowest BCUT2D eigenvalue weighted by atomic mass is 9.98. The number of nitrogens with one attached hydrogen (secondary N) is 1. The van der Waals surface area contributed by atoms with E-state index in [1.165, 1.54) is 5.56 Å². The minimum Gasteiger partial charge on any atom is -0.352 e. The average Bonchev–Trinajstić information content (AvgIpc) is 3.29. The molecule has 6 heteroatoms. The number of nitrogens with zero attached hydrogens (tertiary/aromatic N) is 4. The average molecular weight is 392 g/mol. The van der Waals surface area contributed by atoms with E-state index in [0.717, 1.165) is 16.4 Å². The second-order valence-electron chi connectivity index (χ2n) is 8.14. The van der Waals surface area contributed by atoms with Crippen LogP contribution in [0.1, 0.15) is 49.7 Å². The molecule has 1 aliphatic heterocycles. The molecule has 1 aliphatic rings. The third-order valence-corrected chi connectivity index (χ3v) is 5.46. The third-order valence-electron chi connectivity index (χ3n) is 5.11. The summed E-state index contributed by atoms with van der Waals surface area (Å²) in [5.74, 6) is 0. The first kappa shape index (κ1) is 18.6. The first-order chi connectivity index (χ1) is 13.4. The summed E-state index contributed by atoms with van der Waals surface area (Å²) in [7, 11) is 0. The van der Waals surface area contributed by atoms with Gasteiger partial charge in [0.2, 0.25) is 0 Å². The Morgan fingerprint density at radius 3 is 2.61 bits per heavy atom. The highest BCUT2D eigenvalue weighted by atomic mass is 32.1. The number of hydrogen-bond donors (Lipinski definition) is 1. The van der Waals surface area contributed by atoms with Crippen LogP contribution in [-0.4, -0.2) is 24.5 Å². The molecule has 5 nitrogen and oxygen atoms in total. The van der Waals surface area contributed by atoms with Crippen LogP contribution in [0.5, 0.6) is 0 Å². The van der Waals surface area contributed by atoms with Crippen molar-refractivity contribution < 1.29 is 0 Å². The van der Waals surface area contributed by atoms with E-state index in [2.05, 4.69) is 76.1 Å². The van der Waals surface area contributed by atoms with E-state index in [0.29, 0.717) is 6.54 Å². The SMILES string of the molecule is CC(C)(C)n1ccc([C@@H]2[C@@H](c3ccccn3)NC(=S)N2Cc2cccnc2)c1. The van der Waals surface area contributed by atoms with Crippen molar-refractivity contribution in [1.82, 2.24) is 24.8 Å². The van der Waals surface area contributed by atoms with Gasteiger partial charge in [-0.05, 0) is 68.4 Å². The van der Waals surface area contributed by atoms with Gasteiger partial charge in [-0.1, -0.05) is 12.1 Å². The first-order valence-corrected chi connectivity index (χ1v) is 9.89. The summed E-state index contributed by atoms with van der Waals surface area (Å²) in [6.45, 7) is 7.32. The lowest BCUT2D eigenvalue weighted by Gasteiger charge is -2.27. The van der Waals surface area contributed by atoms with E-state index in [9.17, 15) is 0 Å². The van der Waals surface area contributed by atoms with Gasteiger partial charge in [-0.3, -0.25) is 9.97 Å². The highest BCUT2D eigenvalue weighted by molar-refractivity contribution is 7.80. The maximum Gasteiger partial charge on any atom is 0.170 e. The summed E-state index contributed by atoms with van der Waals surface area (Å²) in [4.78, 5) is 11.1. The fourth-order valence-electron chi connectivity index (χ4n) is 3.63. The van der Waals surface area contributed by atoms with Crippen molar-refractivity contribution in [3.63, 3.8) is 0 Å². The van der Waals surface area contributed by atoms with Crippen molar-refractivity contribution in [3.05, 3.63) is 84.2 Å². The normalized spacial score (nSPS) is 19.7. The van der Waals surface area contributed by atoms with Crippen LogP contribution in [0.3, 0.4) is 0 Å². The molecule has 0 aliphatic carbocycles. The number of aromatic nitrogens is 3. The molecular formula is C22H25N5S. The Hall–Kier alpha value is -2.73. The zero-order chi connectivity index (χ0) is 19.7. The molecule has 0 aromatic carbocycles. The molecule has 0 unspecified atom stereocenters. The first-order valence-electron chi connectivity index (χ1n) is 9.49. The molecule has 1 fully saturated rings. The molecule has 4 heterocycles. The molecule has 28 heavy (non-hydrogen) atoms. The van der Waals surface area contributed by atoms with Crippen molar-refractivity contribution in [2.45, 2.75) is 44.9 Å². The Morgan fingerprint density at radius 1 is 1.11 bits per heavy atom. The Morgan fingerprint density at radius 2 is 1.96 bits per heavy atom. The van der Waals surface area contributed by atoms with Gasteiger partial charge in [0.05, 0.1) is 17.8 Å². The predicted octanol–water partition coefficient (Wildman–Crippen LogP) is 4.21. The predicted molar refractivity (Wildman–Crippen MR) is 115 cm³/mol. The van der Waals surface area contributed by atoms with E-state index in [-0.39, 0.29) is 17.6 Å². The molecule has 4 rings (SSSR count). The molecular weight excluding hydrogens is 366 g/mol. The highest BCUT2D eigenvalue weighted by Crippen LogP contribution is 2.40. The fourth-order valence-corrected chi connectivity index (χ4v) is 3.94. The van der Waals surface area contributed by atoms with Crippen molar-refractivity contribution in [2.75, 3.05) is 0 Å². The van der Waals surface area contributed by atoms with E-state index in [4.69, 9.17) is 12.2 Å². The zero-order valence-corrected chi connectivity index (χ0v) is 17.2. The molecule has 3 aromatic rings. The lowest BCUT2D eigenvalue weighted by molar-refractivity contribution is 0.309. The second-order valence-corrected chi connectivity index (χ2v) is 8.53. The van der Waals surface area contributed by atoms with Crippen LogP contribution in [0.4, 0.5) is 0 Å². The molecule has 0 bridgehead atoms. The van der Waals surface area contributed by atoms with Crippen LogP contribution < -0.4 is 5.32 Å². The molecule has 0 saturated carbocycles. The second kappa shape index (κ2) is 7.36. The van der Waals surface area contributed by atoms with Gasteiger partial charge >= 0.3 is 0 Å². The van der Waals surface area contributed by atoms with Gasteiger partial charge < -0.3 is 14.8 Å². The van der Waals surface area contributed by atoms with Gasteiger partial charge in [0, 0.05) is 43.1 Å². The van der Waals surface area contributed by atoms with E-state index < -0.39 is 0 Å². The maximum atomic E-state index is 5.73. The smallest absolute Gasteiger partial charge is 0.170 e. The fraction of sp³-hybridized carbons (Fsp3) is 0.318. The molecule has 1 N–H and O–H groups in total.